The second-order valence-corrected chi connectivity index (χ2v) is 2.20. The van der Waals surface area contributed by atoms with E-state index in [2.05, 4.69) is 0 Å². The number of unbranched alkanes of at least 4 members (excludes halogenated alkanes) is 1. The Morgan fingerprint density at radius 1 is 1.40 bits per heavy atom. The normalized spacial score (nSPS) is 10.1. The smallest absolute Gasteiger partial charge is 0.334 e. The van der Waals surface area contributed by atoms with Gasteiger partial charge in [0.15, 0.2) is 12.8 Å². The van der Waals surface area contributed by atoms with Gasteiger partial charge in [-0.2, -0.15) is 4.57 Å². The molecule has 0 bridgehead atoms. The minimum atomic E-state index is 0.276. The Morgan fingerprint density at radius 3 is 2.90 bits per heavy atom. The summed E-state index contributed by atoms with van der Waals surface area (Å²) in [5, 5.41) is 8.46. The van der Waals surface area contributed by atoms with Crippen LogP contribution in [0.5, 0.6) is 0 Å². The van der Waals surface area contributed by atoms with Crippen LogP contribution in [0, 0.1) is 0 Å². The number of oxazole rings is 1. The van der Waals surface area contributed by atoms with Gasteiger partial charge in [0.1, 0.15) is 0 Å². The molecule has 1 aromatic rings. The second-order valence-electron chi connectivity index (χ2n) is 2.20. The Bertz CT molecular complexity index is 160. The van der Waals surface area contributed by atoms with E-state index in [0.29, 0.717) is 0 Å². The zero-order chi connectivity index (χ0) is 7.23. The van der Waals surface area contributed by atoms with E-state index in [0.717, 1.165) is 19.4 Å². The van der Waals surface area contributed by atoms with Gasteiger partial charge in [0, 0.05) is 13.0 Å². The molecule has 0 spiro atoms. The van der Waals surface area contributed by atoms with Crippen molar-refractivity contribution in [2.75, 3.05) is 6.61 Å². The van der Waals surface area contributed by atoms with Crippen LogP contribution in [0.25, 0.3) is 0 Å². The van der Waals surface area contributed by atoms with Crippen molar-refractivity contribution in [3.05, 3.63) is 18.9 Å². The Labute approximate surface area is 59.9 Å². The topological polar surface area (TPSA) is 37.2 Å². The summed E-state index contributed by atoms with van der Waals surface area (Å²) < 4.78 is 6.80. The molecule has 0 radical (unpaired) electrons. The Balaban J connectivity index is 2.15. The van der Waals surface area contributed by atoms with Crippen LogP contribution in [-0.2, 0) is 6.54 Å². The molecule has 10 heavy (non-hydrogen) atoms. The summed E-state index contributed by atoms with van der Waals surface area (Å²) >= 11 is 0. The van der Waals surface area contributed by atoms with Crippen molar-refractivity contribution in [1.29, 1.82) is 0 Å². The highest BCUT2D eigenvalue weighted by Crippen LogP contribution is 1.86. The Kier molecular flexibility index (Phi) is 2.96. The minimum absolute atomic E-state index is 0.276. The third kappa shape index (κ3) is 2.19. The van der Waals surface area contributed by atoms with Crippen molar-refractivity contribution >= 4 is 0 Å². The van der Waals surface area contributed by atoms with E-state index >= 15 is 0 Å². The van der Waals surface area contributed by atoms with Crippen LogP contribution >= 0.6 is 0 Å². The van der Waals surface area contributed by atoms with Crippen molar-refractivity contribution in [1.82, 2.24) is 0 Å². The average Bonchev–Trinajstić information content (AvgIpc) is 2.41. The van der Waals surface area contributed by atoms with Gasteiger partial charge in [-0.05, 0) is 6.42 Å². The first-order chi connectivity index (χ1) is 4.93. The molecular formula is C7H12NO2+. The molecule has 0 saturated carbocycles. The molecule has 0 aliphatic carbocycles. The fourth-order valence-corrected chi connectivity index (χ4v) is 0.795. The molecule has 1 rings (SSSR count). The molecule has 0 unspecified atom stereocenters. The number of aliphatic hydroxyl groups is 1. The van der Waals surface area contributed by atoms with Crippen LogP contribution in [0.2, 0.25) is 0 Å². The maximum Gasteiger partial charge on any atom is 0.334 e. The van der Waals surface area contributed by atoms with Crippen LogP contribution in [-0.4, -0.2) is 11.7 Å². The van der Waals surface area contributed by atoms with E-state index in [4.69, 9.17) is 9.52 Å². The molecule has 0 fully saturated rings. The van der Waals surface area contributed by atoms with Crippen molar-refractivity contribution in [2.45, 2.75) is 19.4 Å². The fraction of sp³-hybridized carbons (Fsp3) is 0.571. The van der Waals surface area contributed by atoms with Gasteiger partial charge >= 0.3 is 6.39 Å². The number of aromatic nitrogens is 1. The van der Waals surface area contributed by atoms with E-state index < -0.39 is 0 Å². The Morgan fingerprint density at radius 2 is 2.30 bits per heavy atom. The number of aryl methyl sites for hydroxylation is 1. The first-order valence-corrected chi connectivity index (χ1v) is 3.45. The van der Waals surface area contributed by atoms with Gasteiger partial charge in [-0.1, -0.05) is 0 Å². The molecule has 3 nitrogen and oxygen atoms in total. The molecule has 1 heterocycles. The number of rotatable bonds is 4. The molecule has 56 valence electrons. The lowest BCUT2D eigenvalue weighted by molar-refractivity contribution is -0.700. The molecule has 0 atom stereocenters. The fourth-order valence-electron chi connectivity index (χ4n) is 0.795. The predicted molar refractivity (Wildman–Crippen MR) is 35.2 cm³/mol. The summed E-state index contributed by atoms with van der Waals surface area (Å²) in [6, 6.07) is 0. The first-order valence-electron chi connectivity index (χ1n) is 3.45. The Hall–Kier alpha value is -0.830. The minimum Gasteiger partial charge on any atom is -0.412 e. The molecule has 0 saturated heterocycles. The molecule has 3 heteroatoms. The molecular weight excluding hydrogens is 130 g/mol. The van der Waals surface area contributed by atoms with Crippen LogP contribution in [0.1, 0.15) is 12.8 Å². The van der Waals surface area contributed by atoms with Gasteiger partial charge in [0.25, 0.3) is 0 Å². The summed E-state index contributed by atoms with van der Waals surface area (Å²) in [7, 11) is 0. The second kappa shape index (κ2) is 4.06. The highest BCUT2D eigenvalue weighted by atomic mass is 16.3. The summed E-state index contributed by atoms with van der Waals surface area (Å²) in [5.41, 5.74) is 0. The third-order valence-electron chi connectivity index (χ3n) is 1.35. The highest BCUT2D eigenvalue weighted by molar-refractivity contribution is 4.46. The number of hydrogen-bond acceptors (Lipinski definition) is 2. The van der Waals surface area contributed by atoms with Crippen LogP contribution < -0.4 is 4.57 Å². The van der Waals surface area contributed by atoms with Gasteiger partial charge in [-0.3, -0.25) is 0 Å². The standard InChI is InChI=1S/C7H12NO2/c9-5-2-1-3-8-4-6-10-7-8/h4,6-7,9H,1-3,5H2/q+1. The van der Waals surface area contributed by atoms with E-state index in [1.54, 1.807) is 12.7 Å². The van der Waals surface area contributed by atoms with Crippen molar-refractivity contribution in [2.24, 2.45) is 0 Å². The quantitative estimate of drug-likeness (QED) is 0.486. The van der Waals surface area contributed by atoms with Gasteiger partial charge in [-0.25, -0.2) is 0 Å². The lowest BCUT2D eigenvalue weighted by Crippen LogP contribution is -2.29. The molecule has 0 aliphatic rings. The van der Waals surface area contributed by atoms with E-state index in [1.807, 2.05) is 10.8 Å². The zero-order valence-electron chi connectivity index (χ0n) is 5.86. The van der Waals surface area contributed by atoms with Gasteiger partial charge in [0.2, 0.25) is 6.20 Å². The highest BCUT2D eigenvalue weighted by Gasteiger charge is 1.98. The zero-order valence-corrected chi connectivity index (χ0v) is 5.86. The maximum atomic E-state index is 8.46. The molecule has 1 aromatic heterocycles. The van der Waals surface area contributed by atoms with E-state index in [9.17, 15) is 0 Å². The van der Waals surface area contributed by atoms with Crippen LogP contribution in [0.15, 0.2) is 23.3 Å². The largest absolute Gasteiger partial charge is 0.412 e. The van der Waals surface area contributed by atoms with Gasteiger partial charge in [0.05, 0.1) is 0 Å². The van der Waals surface area contributed by atoms with Crippen molar-refractivity contribution in [3.63, 3.8) is 0 Å². The monoisotopic (exact) mass is 142 g/mol. The van der Waals surface area contributed by atoms with Crippen molar-refractivity contribution < 1.29 is 14.1 Å². The molecule has 0 aliphatic heterocycles. The summed E-state index contributed by atoms with van der Waals surface area (Å²) in [6.07, 6.45) is 7.03. The first kappa shape index (κ1) is 7.28. The number of hydrogen-bond donors (Lipinski definition) is 1. The lowest BCUT2D eigenvalue weighted by Gasteiger charge is -1.88. The molecule has 0 amide bonds. The van der Waals surface area contributed by atoms with Gasteiger partial charge in [-0.15, -0.1) is 0 Å². The summed E-state index contributed by atoms with van der Waals surface area (Å²) in [6.45, 7) is 1.20. The molecule has 1 N–H and O–H groups in total. The maximum absolute atomic E-state index is 8.46. The van der Waals surface area contributed by atoms with E-state index in [-0.39, 0.29) is 6.61 Å². The van der Waals surface area contributed by atoms with Crippen LogP contribution in [0.3, 0.4) is 0 Å². The van der Waals surface area contributed by atoms with Crippen LogP contribution in [0.4, 0.5) is 0 Å². The lowest BCUT2D eigenvalue weighted by atomic mass is 10.3. The SMILES string of the molecule is OCCCC[n+]1ccoc1. The average molecular weight is 142 g/mol. The van der Waals surface area contributed by atoms with Crippen molar-refractivity contribution in [3.8, 4) is 0 Å². The van der Waals surface area contributed by atoms with Gasteiger partial charge < -0.3 is 9.52 Å². The summed E-state index contributed by atoms with van der Waals surface area (Å²) in [4.78, 5) is 0. The molecule has 0 aromatic carbocycles. The third-order valence-corrected chi connectivity index (χ3v) is 1.35. The predicted octanol–water partition coefficient (Wildman–Crippen LogP) is 0.340. The number of aliphatic hydroxyl groups excluding tert-OH is 1. The number of nitrogens with zero attached hydrogens (tertiary/aromatic N) is 1. The summed E-state index contributed by atoms with van der Waals surface area (Å²) in [5.74, 6) is 0. The van der Waals surface area contributed by atoms with E-state index in [1.165, 1.54) is 0 Å².